The van der Waals surface area contributed by atoms with Gasteiger partial charge in [0.25, 0.3) is 5.91 Å². The highest BCUT2D eigenvalue weighted by molar-refractivity contribution is 5.94. The van der Waals surface area contributed by atoms with Crippen molar-refractivity contribution in [3.8, 4) is 0 Å². The average molecular weight is 283 g/mol. The molecule has 0 bridgehead atoms. The molecule has 1 aliphatic heterocycles. The minimum absolute atomic E-state index is 0.191. The Bertz CT molecular complexity index is 473. The van der Waals surface area contributed by atoms with E-state index in [9.17, 15) is 13.6 Å². The first-order chi connectivity index (χ1) is 9.61. The number of halogens is 2. The molecule has 0 aliphatic carbocycles. The Kier molecular flexibility index (Phi) is 5.06. The monoisotopic (exact) mass is 283 g/mol. The SMILES string of the molecule is CCCN(CC1CCOC1)C(=O)c1ccc(F)c(F)c1. The van der Waals surface area contributed by atoms with Crippen molar-refractivity contribution in [3.63, 3.8) is 0 Å². The van der Waals surface area contributed by atoms with Gasteiger partial charge in [-0.05, 0) is 31.0 Å². The van der Waals surface area contributed by atoms with E-state index in [1.54, 1.807) is 4.90 Å². The summed E-state index contributed by atoms with van der Waals surface area (Å²) in [6.45, 7) is 4.58. The second-order valence-corrected chi connectivity index (χ2v) is 5.11. The topological polar surface area (TPSA) is 29.5 Å². The molecular weight excluding hydrogens is 264 g/mol. The van der Waals surface area contributed by atoms with Gasteiger partial charge >= 0.3 is 0 Å². The maximum atomic E-state index is 13.2. The lowest BCUT2D eigenvalue weighted by Gasteiger charge is -2.25. The summed E-state index contributed by atoms with van der Waals surface area (Å²) in [5.74, 6) is -1.85. The molecule has 0 aromatic heterocycles. The van der Waals surface area contributed by atoms with Crippen molar-refractivity contribution in [3.05, 3.63) is 35.4 Å². The van der Waals surface area contributed by atoms with E-state index in [2.05, 4.69) is 0 Å². The Morgan fingerprint density at radius 3 is 2.80 bits per heavy atom. The zero-order valence-corrected chi connectivity index (χ0v) is 11.6. The van der Waals surface area contributed by atoms with E-state index in [0.29, 0.717) is 25.6 Å². The smallest absolute Gasteiger partial charge is 0.253 e. The van der Waals surface area contributed by atoms with Crippen molar-refractivity contribution in [2.45, 2.75) is 19.8 Å². The van der Waals surface area contributed by atoms with E-state index in [4.69, 9.17) is 4.74 Å². The normalized spacial score (nSPS) is 18.2. The molecule has 1 heterocycles. The van der Waals surface area contributed by atoms with E-state index in [0.717, 1.165) is 31.6 Å². The number of amides is 1. The third-order valence-electron chi connectivity index (χ3n) is 3.45. The number of rotatable bonds is 5. The Balaban J connectivity index is 2.10. The van der Waals surface area contributed by atoms with Crippen molar-refractivity contribution in [1.29, 1.82) is 0 Å². The molecule has 1 fully saturated rings. The van der Waals surface area contributed by atoms with Gasteiger partial charge in [0, 0.05) is 31.2 Å². The molecule has 1 aliphatic rings. The maximum absolute atomic E-state index is 13.2. The Morgan fingerprint density at radius 2 is 2.20 bits per heavy atom. The lowest BCUT2D eigenvalue weighted by atomic mass is 10.1. The lowest BCUT2D eigenvalue weighted by molar-refractivity contribution is 0.0720. The summed E-state index contributed by atoms with van der Waals surface area (Å²) < 4.78 is 31.5. The van der Waals surface area contributed by atoms with Crippen molar-refractivity contribution < 1.29 is 18.3 Å². The van der Waals surface area contributed by atoms with Crippen LogP contribution >= 0.6 is 0 Å². The van der Waals surface area contributed by atoms with Crippen LogP contribution in [-0.4, -0.2) is 37.1 Å². The largest absolute Gasteiger partial charge is 0.381 e. The summed E-state index contributed by atoms with van der Waals surface area (Å²) in [5, 5.41) is 0. The Morgan fingerprint density at radius 1 is 1.40 bits per heavy atom. The average Bonchev–Trinajstić information content (AvgIpc) is 2.93. The van der Waals surface area contributed by atoms with E-state index in [1.807, 2.05) is 6.92 Å². The van der Waals surface area contributed by atoms with Crippen molar-refractivity contribution >= 4 is 5.91 Å². The third kappa shape index (κ3) is 3.54. The standard InChI is InChI=1S/C15H19F2NO2/c1-2-6-18(9-11-5-7-20-10-11)15(19)12-3-4-13(16)14(17)8-12/h3-4,8,11H,2,5-7,9-10H2,1H3. The van der Waals surface area contributed by atoms with Crippen LogP contribution in [-0.2, 0) is 4.74 Å². The fourth-order valence-electron chi connectivity index (χ4n) is 2.40. The number of carbonyl (C=O) groups excluding carboxylic acids is 1. The number of ether oxygens (including phenoxy) is 1. The number of carbonyl (C=O) groups is 1. The molecule has 1 unspecified atom stereocenters. The van der Waals surface area contributed by atoms with E-state index < -0.39 is 11.6 Å². The summed E-state index contributed by atoms with van der Waals surface area (Å²) in [5.41, 5.74) is 0.191. The molecule has 1 amide bonds. The van der Waals surface area contributed by atoms with Gasteiger partial charge in [0.05, 0.1) is 6.61 Å². The summed E-state index contributed by atoms with van der Waals surface area (Å²) >= 11 is 0. The number of nitrogens with zero attached hydrogens (tertiary/aromatic N) is 1. The van der Waals surface area contributed by atoms with Crippen LogP contribution in [0.1, 0.15) is 30.1 Å². The quantitative estimate of drug-likeness (QED) is 0.831. The molecule has 20 heavy (non-hydrogen) atoms. The van der Waals surface area contributed by atoms with Crippen LogP contribution in [0.5, 0.6) is 0 Å². The van der Waals surface area contributed by atoms with Gasteiger partial charge in [0.2, 0.25) is 0 Å². The van der Waals surface area contributed by atoms with Crippen LogP contribution < -0.4 is 0 Å². The predicted octanol–water partition coefficient (Wildman–Crippen LogP) is 2.85. The van der Waals surface area contributed by atoms with Crippen molar-refractivity contribution in [2.24, 2.45) is 5.92 Å². The van der Waals surface area contributed by atoms with Gasteiger partial charge in [-0.25, -0.2) is 8.78 Å². The molecule has 0 radical (unpaired) electrons. The molecule has 0 N–H and O–H groups in total. The van der Waals surface area contributed by atoms with Gasteiger partial charge < -0.3 is 9.64 Å². The molecule has 5 heteroatoms. The lowest BCUT2D eigenvalue weighted by Crippen LogP contribution is -2.36. The van der Waals surface area contributed by atoms with Gasteiger partial charge in [-0.1, -0.05) is 6.92 Å². The Hall–Kier alpha value is -1.49. The summed E-state index contributed by atoms with van der Waals surface area (Å²) in [7, 11) is 0. The van der Waals surface area contributed by atoms with Gasteiger partial charge in [0.15, 0.2) is 11.6 Å². The highest BCUT2D eigenvalue weighted by atomic mass is 19.2. The first-order valence-electron chi connectivity index (χ1n) is 6.94. The molecule has 1 aromatic rings. The zero-order valence-electron chi connectivity index (χ0n) is 11.6. The van der Waals surface area contributed by atoms with E-state index in [-0.39, 0.29) is 11.5 Å². The fraction of sp³-hybridized carbons (Fsp3) is 0.533. The van der Waals surface area contributed by atoms with Gasteiger partial charge in [-0.15, -0.1) is 0 Å². The molecule has 110 valence electrons. The minimum atomic E-state index is -0.989. The Labute approximate surface area is 117 Å². The van der Waals surface area contributed by atoms with Crippen molar-refractivity contribution in [2.75, 3.05) is 26.3 Å². The van der Waals surface area contributed by atoms with Crippen LogP contribution in [0, 0.1) is 17.6 Å². The highest BCUT2D eigenvalue weighted by Gasteiger charge is 2.23. The first-order valence-corrected chi connectivity index (χ1v) is 6.94. The number of hydrogen-bond donors (Lipinski definition) is 0. The van der Waals surface area contributed by atoms with E-state index >= 15 is 0 Å². The third-order valence-corrected chi connectivity index (χ3v) is 3.45. The summed E-state index contributed by atoms with van der Waals surface area (Å²) in [4.78, 5) is 14.1. The molecule has 0 saturated carbocycles. The second-order valence-electron chi connectivity index (χ2n) is 5.11. The molecular formula is C15H19F2NO2. The molecule has 1 aromatic carbocycles. The molecule has 1 atom stereocenters. The van der Waals surface area contributed by atoms with Crippen LogP contribution in [0.3, 0.4) is 0 Å². The molecule has 0 spiro atoms. The van der Waals surface area contributed by atoms with Gasteiger partial charge in [-0.2, -0.15) is 0 Å². The number of benzene rings is 1. The van der Waals surface area contributed by atoms with Crippen LogP contribution in [0.2, 0.25) is 0 Å². The summed E-state index contributed by atoms with van der Waals surface area (Å²) in [6, 6.07) is 3.28. The number of hydrogen-bond acceptors (Lipinski definition) is 2. The predicted molar refractivity (Wildman–Crippen MR) is 71.5 cm³/mol. The zero-order chi connectivity index (χ0) is 14.5. The minimum Gasteiger partial charge on any atom is -0.381 e. The molecule has 1 saturated heterocycles. The molecule has 3 nitrogen and oxygen atoms in total. The summed E-state index contributed by atoms with van der Waals surface area (Å²) in [6.07, 6.45) is 1.76. The van der Waals surface area contributed by atoms with E-state index in [1.165, 1.54) is 6.07 Å². The van der Waals surface area contributed by atoms with Gasteiger partial charge in [-0.3, -0.25) is 4.79 Å². The van der Waals surface area contributed by atoms with Crippen LogP contribution in [0.15, 0.2) is 18.2 Å². The molecule has 2 rings (SSSR count). The maximum Gasteiger partial charge on any atom is 0.253 e. The second kappa shape index (κ2) is 6.79. The highest BCUT2D eigenvalue weighted by Crippen LogP contribution is 2.17. The van der Waals surface area contributed by atoms with Gasteiger partial charge in [0.1, 0.15) is 0 Å². The van der Waals surface area contributed by atoms with Crippen molar-refractivity contribution in [1.82, 2.24) is 4.90 Å². The van der Waals surface area contributed by atoms with Crippen LogP contribution in [0.4, 0.5) is 8.78 Å². The fourth-order valence-corrected chi connectivity index (χ4v) is 2.40. The first kappa shape index (κ1) is 14.9. The van der Waals surface area contributed by atoms with Crippen LogP contribution in [0.25, 0.3) is 0 Å².